The fourth-order valence-electron chi connectivity index (χ4n) is 2.46. The van der Waals surface area contributed by atoms with E-state index in [4.69, 9.17) is 10.5 Å². The molecule has 0 amide bonds. The molecule has 3 rings (SSSR count). The molecule has 112 valence electrons. The number of hydrogen-bond acceptors (Lipinski definition) is 4. The summed E-state index contributed by atoms with van der Waals surface area (Å²) in [7, 11) is 1.65. The Morgan fingerprint density at radius 2 is 1.82 bits per heavy atom. The van der Waals surface area contributed by atoms with Gasteiger partial charge < -0.3 is 10.5 Å². The van der Waals surface area contributed by atoms with Gasteiger partial charge in [0.05, 0.1) is 18.5 Å². The molecule has 0 aliphatic heterocycles. The van der Waals surface area contributed by atoms with Crippen molar-refractivity contribution in [2.75, 3.05) is 7.11 Å². The van der Waals surface area contributed by atoms with Crippen molar-refractivity contribution in [2.45, 2.75) is 13.5 Å². The van der Waals surface area contributed by atoms with Gasteiger partial charge in [0.2, 0.25) is 0 Å². The SMILES string of the molecule is COc1ccc(-n2nnc(CN)c2-c2ccccc2C)cc1. The zero-order valence-corrected chi connectivity index (χ0v) is 12.7. The smallest absolute Gasteiger partial charge is 0.119 e. The molecule has 5 heteroatoms. The van der Waals surface area contributed by atoms with Crippen molar-refractivity contribution in [3.8, 4) is 22.7 Å². The minimum Gasteiger partial charge on any atom is -0.497 e. The van der Waals surface area contributed by atoms with Crippen molar-refractivity contribution in [2.24, 2.45) is 5.73 Å². The number of aromatic nitrogens is 3. The normalized spacial score (nSPS) is 10.7. The van der Waals surface area contributed by atoms with Crippen molar-refractivity contribution in [3.05, 3.63) is 59.8 Å². The highest BCUT2D eigenvalue weighted by Gasteiger charge is 2.16. The first-order valence-electron chi connectivity index (χ1n) is 7.09. The fourth-order valence-corrected chi connectivity index (χ4v) is 2.46. The number of benzene rings is 2. The van der Waals surface area contributed by atoms with Gasteiger partial charge in [0.15, 0.2) is 0 Å². The highest BCUT2D eigenvalue weighted by Crippen LogP contribution is 2.28. The van der Waals surface area contributed by atoms with Crippen LogP contribution in [0, 0.1) is 6.92 Å². The van der Waals surface area contributed by atoms with E-state index in [1.54, 1.807) is 7.11 Å². The predicted octanol–water partition coefficient (Wildman–Crippen LogP) is 2.71. The third-order valence-electron chi connectivity index (χ3n) is 3.65. The number of nitrogens with two attached hydrogens (primary N) is 1. The van der Waals surface area contributed by atoms with Crippen LogP contribution in [0.25, 0.3) is 16.9 Å². The Balaban J connectivity index is 2.17. The zero-order chi connectivity index (χ0) is 15.5. The van der Waals surface area contributed by atoms with Gasteiger partial charge in [0.1, 0.15) is 11.4 Å². The van der Waals surface area contributed by atoms with Crippen LogP contribution in [0.15, 0.2) is 48.5 Å². The molecule has 0 saturated carbocycles. The third kappa shape index (κ3) is 2.46. The van der Waals surface area contributed by atoms with Crippen LogP contribution in [0.1, 0.15) is 11.3 Å². The summed E-state index contributed by atoms with van der Waals surface area (Å²) < 4.78 is 7.02. The van der Waals surface area contributed by atoms with Gasteiger partial charge in [-0.1, -0.05) is 29.5 Å². The van der Waals surface area contributed by atoms with E-state index in [0.717, 1.165) is 34.0 Å². The molecular formula is C17H18N4O. The summed E-state index contributed by atoms with van der Waals surface area (Å²) in [6.07, 6.45) is 0. The largest absolute Gasteiger partial charge is 0.497 e. The van der Waals surface area contributed by atoms with E-state index in [1.807, 2.05) is 41.1 Å². The van der Waals surface area contributed by atoms with Gasteiger partial charge in [0.25, 0.3) is 0 Å². The van der Waals surface area contributed by atoms with Crippen LogP contribution >= 0.6 is 0 Å². The van der Waals surface area contributed by atoms with Crippen molar-refractivity contribution in [1.82, 2.24) is 15.0 Å². The number of nitrogens with zero attached hydrogens (tertiary/aromatic N) is 3. The molecule has 2 N–H and O–H groups in total. The topological polar surface area (TPSA) is 66.0 Å². The van der Waals surface area contributed by atoms with Crippen LogP contribution < -0.4 is 10.5 Å². The molecule has 22 heavy (non-hydrogen) atoms. The average Bonchev–Trinajstić information content (AvgIpc) is 2.99. The van der Waals surface area contributed by atoms with Gasteiger partial charge in [-0.2, -0.15) is 0 Å². The van der Waals surface area contributed by atoms with E-state index in [1.165, 1.54) is 0 Å². The maximum absolute atomic E-state index is 5.84. The molecular weight excluding hydrogens is 276 g/mol. The Labute approximate surface area is 129 Å². The maximum atomic E-state index is 5.84. The van der Waals surface area contributed by atoms with Crippen LogP contribution in [0.4, 0.5) is 0 Å². The molecule has 0 aliphatic carbocycles. The number of hydrogen-bond donors (Lipinski definition) is 1. The third-order valence-corrected chi connectivity index (χ3v) is 3.65. The zero-order valence-electron chi connectivity index (χ0n) is 12.7. The first kappa shape index (κ1) is 14.3. The first-order chi connectivity index (χ1) is 10.7. The quantitative estimate of drug-likeness (QED) is 0.803. The molecule has 2 aromatic carbocycles. The van der Waals surface area contributed by atoms with E-state index in [-0.39, 0.29) is 0 Å². The standard InChI is InChI=1S/C17H18N4O/c1-12-5-3-4-6-15(12)17-16(11-18)19-20-21(17)13-7-9-14(22-2)10-8-13/h3-10H,11,18H2,1-2H3. The Morgan fingerprint density at radius 1 is 1.09 bits per heavy atom. The van der Waals surface area contributed by atoms with E-state index >= 15 is 0 Å². The van der Waals surface area contributed by atoms with Gasteiger partial charge >= 0.3 is 0 Å². The molecule has 0 aliphatic rings. The molecule has 5 nitrogen and oxygen atoms in total. The highest BCUT2D eigenvalue weighted by molar-refractivity contribution is 5.67. The lowest BCUT2D eigenvalue weighted by Gasteiger charge is -2.10. The summed E-state index contributed by atoms with van der Waals surface area (Å²) in [5, 5.41) is 8.50. The van der Waals surface area contributed by atoms with E-state index in [9.17, 15) is 0 Å². The summed E-state index contributed by atoms with van der Waals surface area (Å²) >= 11 is 0. The van der Waals surface area contributed by atoms with Crippen LogP contribution in [0.3, 0.4) is 0 Å². The molecule has 1 aromatic heterocycles. The summed E-state index contributed by atoms with van der Waals surface area (Å²) in [6.45, 7) is 2.42. The van der Waals surface area contributed by atoms with Gasteiger partial charge in [0, 0.05) is 12.1 Å². The summed E-state index contributed by atoms with van der Waals surface area (Å²) in [6, 6.07) is 15.9. The molecule has 0 radical (unpaired) electrons. The van der Waals surface area contributed by atoms with E-state index in [0.29, 0.717) is 6.54 Å². The second-order valence-electron chi connectivity index (χ2n) is 5.01. The first-order valence-corrected chi connectivity index (χ1v) is 7.09. The van der Waals surface area contributed by atoms with Gasteiger partial charge in [-0.15, -0.1) is 5.10 Å². The highest BCUT2D eigenvalue weighted by atomic mass is 16.5. The molecule has 0 atom stereocenters. The molecule has 0 fully saturated rings. The second-order valence-corrected chi connectivity index (χ2v) is 5.01. The van der Waals surface area contributed by atoms with Crippen LogP contribution in [-0.4, -0.2) is 22.1 Å². The number of ether oxygens (including phenoxy) is 1. The molecule has 0 spiro atoms. The van der Waals surface area contributed by atoms with Crippen molar-refractivity contribution in [3.63, 3.8) is 0 Å². The number of aryl methyl sites for hydroxylation is 1. The van der Waals surface area contributed by atoms with Gasteiger partial charge in [-0.05, 0) is 36.8 Å². The van der Waals surface area contributed by atoms with E-state index < -0.39 is 0 Å². The maximum Gasteiger partial charge on any atom is 0.119 e. The van der Waals surface area contributed by atoms with Gasteiger partial charge in [-0.3, -0.25) is 0 Å². The molecule has 1 heterocycles. The number of methoxy groups -OCH3 is 1. The molecule has 3 aromatic rings. The van der Waals surface area contributed by atoms with Crippen molar-refractivity contribution < 1.29 is 4.74 Å². The lowest BCUT2D eigenvalue weighted by molar-refractivity contribution is 0.414. The van der Waals surface area contributed by atoms with E-state index in [2.05, 4.69) is 29.4 Å². The van der Waals surface area contributed by atoms with Gasteiger partial charge in [-0.25, -0.2) is 4.68 Å². The molecule has 0 bridgehead atoms. The van der Waals surface area contributed by atoms with Crippen LogP contribution in [0.2, 0.25) is 0 Å². The van der Waals surface area contributed by atoms with Crippen molar-refractivity contribution >= 4 is 0 Å². The minimum absolute atomic E-state index is 0.347. The lowest BCUT2D eigenvalue weighted by atomic mass is 10.0. The molecule has 0 unspecified atom stereocenters. The van der Waals surface area contributed by atoms with Crippen molar-refractivity contribution in [1.29, 1.82) is 0 Å². The van der Waals surface area contributed by atoms with Crippen LogP contribution in [-0.2, 0) is 6.54 Å². The predicted molar refractivity (Wildman–Crippen MR) is 86.0 cm³/mol. The Morgan fingerprint density at radius 3 is 2.45 bits per heavy atom. The Hall–Kier alpha value is -2.66. The second kappa shape index (κ2) is 5.99. The monoisotopic (exact) mass is 294 g/mol. The Bertz CT molecular complexity index is 778. The fraction of sp³-hybridized carbons (Fsp3) is 0.176. The summed E-state index contributed by atoms with van der Waals surface area (Å²) in [4.78, 5) is 0. The minimum atomic E-state index is 0.347. The average molecular weight is 294 g/mol. The summed E-state index contributed by atoms with van der Waals surface area (Å²) in [5.74, 6) is 0.806. The summed E-state index contributed by atoms with van der Waals surface area (Å²) in [5.41, 5.74) is 10.7. The number of rotatable bonds is 4. The Kier molecular flexibility index (Phi) is 3.89. The lowest BCUT2D eigenvalue weighted by Crippen LogP contribution is -2.03. The molecule has 0 saturated heterocycles. The van der Waals surface area contributed by atoms with Crippen LogP contribution in [0.5, 0.6) is 5.75 Å².